The second kappa shape index (κ2) is 5.07. The molecule has 1 saturated carbocycles. The van der Waals surface area contributed by atoms with E-state index in [4.69, 9.17) is 4.74 Å². The van der Waals surface area contributed by atoms with Crippen LogP contribution in [-0.2, 0) is 0 Å². The van der Waals surface area contributed by atoms with Crippen molar-refractivity contribution in [1.29, 1.82) is 0 Å². The Morgan fingerprint density at radius 3 is 2.74 bits per heavy atom. The van der Waals surface area contributed by atoms with Crippen LogP contribution in [0.3, 0.4) is 0 Å². The summed E-state index contributed by atoms with van der Waals surface area (Å²) in [7, 11) is 1.45. The molecule has 0 bridgehead atoms. The molecule has 1 atom stereocenters. The van der Waals surface area contributed by atoms with Gasteiger partial charge in [-0.15, -0.1) is 0 Å². The van der Waals surface area contributed by atoms with Crippen LogP contribution in [0, 0.1) is 15.5 Å². The number of nitro benzene ring substituents is 1. The van der Waals surface area contributed by atoms with Crippen molar-refractivity contribution in [2.75, 3.05) is 12.4 Å². The van der Waals surface area contributed by atoms with Gasteiger partial charge < -0.3 is 10.1 Å². The summed E-state index contributed by atoms with van der Waals surface area (Å²) in [5, 5.41) is 14.5. The molecule has 1 fully saturated rings. The van der Waals surface area contributed by atoms with Gasteiger partial charge in [-0.1, -0.05) is 19.9 Å². The molecule has 0 aromatic heterocycles. The van der Waals surface area contributed by atoms with Crippen molar-refractivity contribution in [3.05, 3.63) is 28.3 Å². The number of nitrogens with one attached hydrogen (secondary N) is 1. The first-order chi connectivity index (χ1) is 8.93. The molecule has 0 amide bonds. The Morgan fingerprint density at radius 2 is 2.21 bits per heavy atom. The molecule has 2 rings (SSSR count). The second-order valence-corrected chi connectivity index (χ2v) is 5.86. The average Bonchev–Trinajstić information content (AvgIpc) is 2.68. The first-order valence-electron chi connectivity index (χ1n) is 6.51. The molecule has 0 saturated heterocycles. The van der Waals surface area contributed by atoms with Crippen molar-refractivity contribution in [2.24, 2.45) is 5.41 Å². The Labute approximate surface area is 113 Å². The second-order valence-electron chi connectivity index (χ2n) is 5.86. The van der Waals surface area contributed by atoms with Gasteiger partial charge in [0, 0.05) is 6.04 Å². The number of hydrogen-bond acceptors (Lipinski definition) is 4. The van der Waals surface area contributed by atoms with E-state index >= 15 is 0 Å². The lowest BCUT2D eigenvalue weighted by molar-refractivity contribution is -0.384. The Bertz CT molecular complexity index is 486. The third kappa shape index (κ3) is 2.97. The van der Waals surface area contributed by atoms with Crippen LogP contribution >= 0.6 is 0 Å². The number of hydrogen-bond donors (Lipinski definition) is 1. The molecule has 1 unspecified atom stereocenters. The number of nitrogens with zero attached hydrogens (tertiary/aromatic N) is 1. The van der Waals surface area contributed by atoms with Crippen molar-refractivity contribution >= 4 is 11.4 Å². The third-order valence-corrected chi connectivity index (χ3v) is 3.73. The van der Waals surface area contributed by atoms with Gasteiger partial charge in [-0.05, 0) is 36.8 Å². The molecule has 0 heterocycles. The number of nitro groups is 1. The molecule has 1 N–H and O–H groups in total. The highest BCUT2D eigenvalue weighted by Crippen LogP contribution is 2.41. The quantitative estimate of drug-likeness (QED) is 0.666. The van der Waals surface area contributed by atoms with E-state index in [0.717, 1.165) is 19.3 Å². The van der Waals surface area contributed by atoms with Gasteiger partial charge in [0.15, 0.2) is 5.75 Å². The lowest BCUT2D eigenvalue weighted by Crippen LogP contribution is -2.18. The van der Waals surface area contributed by atoms with E-state index in [0.29, 0.717) is 22.9 Å². The molecule has 1 aliphatic rings. The SMILES string of the molecule is COc1cccc(NC2CCC(C)(C)C2)c1[N+](=O)[O-]. The Kier molecular flexibility index (Phi) is 3.64. The highest BCUT2D eigenvalue weighted by molar-refractivity contribution is 5.68. The Hall–Kier alpha value is -1.78. The monoisotopic (exact) mass is 264 g/mol. The zero-order valence-electron chi connectivity index (χ0n) is 11.6. The van der Waals surface area contributed by atoms with Gasteiger partial charge >= 0.3 is 5.69 Å². The summed E-state index contributed by atoms with van der Waals surface area (Å²) < 4.78 is 5.07. The molecule has 1 aromatic rings. The zero-order valence-corrected chi connectivity index (χ0v) is 11.6. The molecule has 0 radical (unpaired) electrons. The van der Waals surface area contributed by atoms with Gasteiger partial charge in [-0.3, -0.25) is 10.1 Å². The van der Waals surface area contributed by atoms with Crippen LogP contribution in [0.15, 0.2) is 18.2 Å². The number of anilines is 1. The van der Waals surface area contributed by atoms with E-state index in [2.05, 4.69) is 19.2 Å². The van der Waals surface area contributed by atoms with Gasteiger partial charge in [-0.25, -0.2) is 0 Å². The fourth-order valence-corrected chi connectivity index (χ4v) is 2.77. The zero-order chi connectivity index (χ0) is 14.0. The first-order valence-corrected chi connectivity index (χ1v) is 6.51. The molecule has 1 aliphatic carbocycles. The normalized spacial score (nSPS) is 21.1. The fraction of sp³-hybridized carbons (Fsp3) is 0.571. The minimum absolute atomic E-state index is 0.0229. The van der Waals surface area contributed by atoms with Gasteiger partial charge in [-0.2, -0.15) is 0 Å². The largest absolute Gasteiger partial charge is 0.490 e. The lowest BCUT2D eigenvalue weighted by atomic mass is 9.92. The number of methoxy groups -OCH3 is 1. The summed E-state index contributed by atoms with van der Waals surface area (Å²) in [6, 6.07) is 5.42. The highest BCUT2D eigenvalue weighted by Gasteiger charge is 2.32. The number of rotatable bonds is 4. The van der Waals surface area contributed by atoms with Crippen molar-refractivity contribution in [1.82, 2.24) is 0 Å². The maximum atomic E-state index is 11.2. The summed E-state index contributed by atoms with van der Waals surface area (Å²) >= 11 is 0. The predicted molar refractivity (Wildman–Crippen MR) is 74.7 cm³/mol. The molecular formula is C14H20N2O3. The summed E-state index contributed by atoms with van der Waals surface area (Å²) in [5.41, 5.74) is 0.882. The Morgan fingerprint density at radius 1 is 1.47 bits per heavy atom. The number of para-hydroxylation sites is 1. The van der Waals surface area contributed by atoms with E-state index in [-0.39, 0.29) is 10.6 Å². The molecule has 5 heteroatoms. The fourth-order valence-electron chi connectivity index (χ4n) is 2.77. The standard InChI is InChI=1S/C14H20N2O3/c1-14(2)8-7-10(9-14)15-11-5-4-6-12(19-3)13(11)16(17)18/h4-6,10,15H,7-9H2,1-3H3. The summed E-state index contributed by atoms with van der Waals surface area (Å²) in [4.78, 5) is 10.8. The van der Waals surface area contributed by atoms with E-state index < -0.39 is 0 Å². The molecule has 0 aliphatic heterocycles. The molecule has 5 nitrogen and oxygen atoms in total. The first kappa shape index (κ1) is 13.6. The minimum atomic E-state index is -0.388. The third-order valence-electron chi connectivity index (χ3n) is 3.73. The van der Waals surface area contributed by atoms with E-state index in [1.807, 2.05) is 0 Å². The van der Waals surface area contributed by atoms with Crippen LogP contribution in [0.5, 0.6) is 5.75 Å². The van der Waals surface area contributed by atoms with E-state index in [1.54, 1.807) is 18.2 Å². The molecular weight excluding hydrogens is 244 g/mol. The van der Waals surface area contributed by atoms with Crippen LogP contribution in [0.25, 0.3) is 0 Å². The summed E-state index contributed by atoms with van der Waals surface area (Å²) in [6.07, 6.45) is 3.21. The van der Waals surface area contributed by atoms with Crippen molar-refractivity contribution in [3.63, 3.8) is 0 Å². The predicted octanol–water partition coefficient (Wildman–Crippen LogP) is 3.59. The van der Waals surface area contributed by atoms with Crippen LogP contribution < -0.4 is 10.1 Å². The van der Waals surface area contributed by atoms with E-state index in [9.17, 15) is 10.1 Å². The smallest absolute Gasteiger partial charge is 0.333 e. The number of ether oxygens (including phenoxy) is 1. The molecule has 0 spiro atoms. The van der Waals surface area contributed by atoms with Gasteiger partial charge in [0.1, 0.15) is 5.69 Å². The van der Waals surface area contributed by atoms with Gasteiger partial charge in [0.25, 0.3) is 0 Å². The lowest BCUT2D eigenvalue weighted by Gasteiger charge is -2.19. The van der Waals surface area contributed by atoms with Crippen molar-refractivity contribution < 1.29 is 9.66 Å². The van der Waals surface area contributed by atoms with Crippen molar-refractivity contribution in [3.8, 4) is 5.75 Å². The summed E-state index contributed by atoms with van der Waals surface area (Å²) in [6.45, 7) is 4.46. The van der Waals surface area contributed by atoms with Crippen LogP contribution in [0.2, 0.25) is 0 Å². The number of benzene rings is 1. The van der Waals surface area contributed by atoms with Crippen LogP contribution in [-0.4, -0.2) is 18.1 Å². The maximum absolute atomic E-state index is 11.2. The summed E-state index contributed by atoms with van der Waals surface area (Å²) in [5.74, 6) is 0.298. The average molecular weight is 264 g/mol. The maximum Gasteiger partial charge on any atom is 0.333 e. The molecule has 104 valence electrons. The highest BCUT2D eigenvalue weighted by atomic mass is 16.6. The van der Waals surface area contributed by atoms with Crippen molar-refractivity contribution in [2.45, 2.75) is 39.2 Å². The minimum Gasteiger partial charge on any atom is -0.490 e. The van der Waals surface area contributed by atoms with E-state index in [1.165, 1.54) is 7.11 Å². The van der Waals surface area contributed by atoms with Gasteiger partial charge in [0.2, 0.25) is 0 Å². The Balaban J connectivity index is 2.23. The van der Waals surface area contributed by atoms with Gasteiger partial charge in [0.05, 0.1) is 12.0 Å². The molecule has 19 heavy (non-hydrogen) atoms. The molecule has 1 aromatic carbocycles. The van der Waals surface area contributed by atoms with Crippen LogP contribution in [0.1, 0.15) is 33.1 Å². The topological polar surface area (TPSA) is 64.4 Å². The van der Waals surface area contributed by atoms with Crippen LogP contribution in [0.4, 0.5) is 11.4 Å².